The zero-order chi connectivity index (χ0) is 11.5. The molecule has 2 unspecified atom stereocenters. The van der Waals surface area contributed by atoms with Gasteiger partial charge in [0, 0.05) is 17.9 Å². The second-order valence-electron chi connectivity index (χ2n) is 4.94. The summed E-state index contributed by atoms with van der Waals surface area (Å²) < 4.78 is 0. The minimum Gasteiger partial charge on any atom is -0.299 e. The summed E-state index contributed by atoms with van der Waals surface area (Å²) in [7, 11) is 0. The third-order valence-electron chi connectivity index (χ3n) is 3.54. The first kappa shape index (κ1) is 12.1. The molecule has 1 nitrogen and oxygen atoms in total. The fourth-order valence-corrected chi connectivity index (χ4v) is 2.75. The maximum absolute atomic E-state index is 3.75. The Hall–Kier alpha value is -0.340. The number of rotatable bonds is 2. The van der Waals surface area contributed by atoms with Crippen LogP contribution in [0.1, 0.15) is 24.5 Å². The first-order chi connectivity index (χ1) is 7.66. The molecule has 0 saturated carbocycles. The van der Waals surface area contributed by atoms with E-state index in [1.54, 1.807) is 0 Å². The highest BCUT2D eigenvalue weighted by Gasteiger charge is 2.23. The molecule has 2 heteroatoms. The van der Waals surface area contributed by atoms with Gasteiger partial charge < -0.3 is 0 Å². The largest absolute Gasteiger partial charge is 0.299 e. The monoisotopic (exact) mass is 281 g/mol. The van der Waals surface area contributed by atoms with Crippen LogP contribution in [0.25, 0.3) is 0 Å². The molecule has 1 aromatic rings. The fourth-order valence-electron chi connectivity index (χ4n) is 2.38. The van der Waals surface area contributed by atoms with Crippen molar-refractivity contribution in [3.63, 3.8) is 0 Å². The number of aryl methyl sites for hydroxylation is 1. The highest BCUT2D eigenvalue weighted by atomic mass is 79.9. The average Bonchev–Trinajstić information content (AvgIpc) is 2.27. The standard InChI is InChI=1S/C14H20BrN/c1-11-5-3-4-6-13(11)10-16-8-7-14(15)12(2)9-16/h3-6,12,14H,7-10H2,1-2H3. The molecule has 2 rings (SSSR count). The summed E-state index contributed by atoms with van der Waals surface area (Å²) in [6, 6.07) is 8.71. The van der Waals surface area contributed by atoms with Crippen molar-refractivity contribution in [1.82, 2.24) is 4.90 Å². The molecule has 1 saturated heterocycles. The summed E-state index contributed by atoms with van der Waals surface area (Å²) in [6.07, 6.45) is 1.27. The topological polar surface area (TPSA) is 3.24 Å². The van der Waals surface area contributed by atoms with Gasteiger partial charge in [-0.05, 0) is 36.9 Å². The van der Waals surface area contributed by atoms with E-state index in [0.29, 0.717) is 4.83 Å². The lowest BCUT2D eigenvalue weighted by molar-refractivity contribution is 0.183. The summed E-state index contributed by atoms with van der Waals surface area (Å²) in [5.74, 6) is 0.762. The van der Waals surface area contributed by atoms with Gasteiger partial charge in [-0.1, -0.05) is 47.1 Å². The van der Waals surface area contributed by atoms with Crippen molar-refractivity contribution >= 4 is 15.9 Å². The number of piperidine rings is 1. The second kappa shape index (κ2) is 5.33. The van der Waals surface area contributed by atoms with Crippen LogP contribution in [0.4, 0.5) is 0 Å². The van der Waals surface area contributed by atoms with E-state index in [0.717, 1.165) is 12.5 Å². The quantitative estimate of drug-likeness (QED) is 0.749. The SMILES string of the molecule is Cc1ccccc1CN1CCC(Br)C(C)C1. The lowest BCUT2D eigenvalue weighted by Gasteiger charge is -2.34. The number of alkyl halides is 1. The van der Waals surface area contributed by atoms with Gasteiger partial charge in [0.25, 0.3) is 0 Å². The molecule has 16 heavy (non-hydrogen) atoms. The van der Waals surface area contributed by atoms with Crippen LogP contribution in [0.2, 0.25) is 0 Å². The van der Waals surface area contributed by atoms with E-state index in [1.165, 1.54) is 30.6 Å². The number of nitrogens with zero attached hydrogens (tertiary/aromatic N) is 1. The minimum atomic E-state index is 0.709. The number of hydrogen-bond donors (Lipinski definition) is 0. The number of benzene rings is 1. The van der Waals surface area contributed by atoms with E-state index in [4.69, 9.17) is 0 Å². The Kier molecular flexibility index (Phi) is 4.04. The van der Waals surface area contributed by atoms with Crippen LogP contribution in [0.3, 0.4) is 0 Å². The van der Waals surface area contributed by atoms with Crippen LogP contribution in [0, 0.1) is 12.8 Å². The molecule has 2 atom stereocenters. The van der Waals surface area contributed by atoms with Gasteiger partial charge in [-0.25, -0.2) is 0 Å². The molecule has 0 aliphatic carbocycles. The van der Waals surface area contributed by atoms with Crippen LogP contribution >= 0.6 is 15.9 Å². The van der Waals surface area contributed by atoms with Gasteiger partial charge in [-0.15, -0.1) is 0 Å². The van der Waals surface area contributed by atoms with E-state index in [-0.39, 0.29) is 0 Å². The summed E-state index contributed by atoms with van der Waals surface area (Å²) in [6.45, 7) is 8.08. The van der Waals surface area contributed by atoms with Crippen LogP contribution in [0.15, 0.2) is 24.3 Å². The first-order valence-corrected chi connectivity index (χ1v) is 6.99. The van der Waals surface area contributed by atoms with Crippen molar-refractivity contribution in [3.05, 3.63) is 35.4 Å². The molecule has 0 amide bonds. The molecule has 0 N–H and O–H groups in total. The van der Waals surface area contributed by atoms with Crippen LogP contribution < -0.4 is 0 Å². The molecule has 0 radical (unpaired) electrons. The van der Waals surface area contributed by atoms with Crippen molar-refractivity contribution in [3.8, 4) is 0 Å². The normalized spacial score (nSPS) is 26.9. The Morgan fingerprint density at radius 3 is 2.81 bits per heavy atom. The Morgan fingerprint density at radius 1 is 1.38 bits per heavy atom. The lowest BCUT2D eigenvalue weighted by atomic mass is 9.99. The van der Waals surface area contributed by atoms with Gasteiger partial charge >= 0.3 is 0 Å². The highest BCUT2D eigenvalue weighted by Crippen LogP contribution is 2.24. The van der Waals surface area contributed by atoms with Gasteiger partial charge in [0.2, 0.25) is 0 Å². The maximum Gasteiger partial charge on any atom is 0.0236 e. The van der Waals surface area contributed by atoms with Gasteiger partial charge in [-0.2, -0.15) is 0 Å². The van der Waals surface area contributed by atoms with Crippen molar-refractivity contribution in [2.75, 3.05) is 13.1 Å². The maximum atomic E-state index is 3.75. The molecule has 88 valence electrons. The van der Waals surface area contributed by atoms with Gasteiger partial charge in [0.05, 0.1) is 0 Å². The van der Waals surface area contributed by atoms with Gasteiger partial charge in [0.1, 0.15) is 0 Å². The van der Waals surface area contributed by atoms with E-state index < -0.39 is 0 Å². The Bertz CT molecular complexity index is 350. The highest BCUT2D eigenvalue weighted by molar-refractivity contribution is 9.09. The van der Waals surface area contributed by atoms with E-state index in [1.807, 2.05) is 0 Å². The minimum absolute atomic E-state index is 0.709. The molecule has 1 aliphatic heterocycles. The molecular weight excluding hydrogens is 262 g/mol. The first-order valence-electron chi connectivity index (χ1n) is 6.07. The van der Waals surface area contributed by atoms with Gasteiger partial charge in [0.15, 0.2) is 0 Å². The van der Waals surface area contributed by atoms with Crippen molar-refractivity contribution in [1.29, 1.82) is 0 Å². The summed E-state index contributed by atoms with van der Waals surface area (Å²) >= 11 is 3.75. The molecule has 0 bridgehead atoms. The number of halogens is 1. The number of hydrogen-bond acceptors (Lipinski definition) is 1. The third-order valence-corrected chi connectivity index (χ3v) is 4.90. The molecule has 1 fully saturated rings. The summed E-state index contributed by atoms with van der Waals surface area (Å²) in [5, 5.41) is 0. The van der Waals surface area contributed by atoms with Gasteiger partial charge in [-0.3, -0.25) is 4.90 Å². The Morgan fingerprint density at radius 2 is 2.12 bits per heavy atom. The van der Waals surface area contributed by atoms with E-state index in [9.17, 15) is 0 Å². The van der Waals surface area contributed by atoms with E-state index in [2.05, 4.69) is 58.9 Å². The van der Waals surface area contributed by atoms with Crippen LogP contribution in [0.5, 0.6) is 0 Å². The van der Waals surface area contributed by atoms with Crippen molar-refractivity contribution in [2.24, 2.45) is 5.92 Å². The molecular formula is C14H20BrN. The van der Waals surface area contributed by atoms with Crippen LogP contribution in [-0.2, 0) is 6.54 Å². The third kappa shape index (κ3) is 2.86. The van der Waals surface area contributed by atoms with E-state index >= 15 is 0 Å². The van der Waals surface area contributed by atoms with Crippen molar-refractivity contribution < 1.29 is 0 Å². The predicted molar refractivity (Wildman–Crippen MR) is 73.0 cm³/mol. The van der Waals surface area contributed by atoms with Crippen LogP contribution in [-0.4, -0.2) is 22.8 Å². The fraction of sp³-hybridized carbons (Fsp3) is 0.571. The lowest BCUT2D eigenvalue weighted by Crippen LogP contribution is -2.39. The molecule has 1 aromatic carbocycles. The molecule has 0 spiro atoms. The smallest absolute Gasteiger partial charge is 0.0236 e. The number of likely N-dealkylation sites (tertiary alicyclic amines) is 1. The Labute approximate surface area is 107 Å². The summed E-state index contributed by atoms with van der Waals surface area (Å²) in [4.78, 5) is 3.28. The van der Waals surface area contributed by atoms with Crippen molar-refractivity contribution in [2.45, 2.75) is 31.6 Å². The average molecular weight is 282 g/mol. The molecule has 1 aliphatic rings. The predicted octanol–water partition coefficient (Wildman–Crippen LogP) is 3.60. The summed E-state index contributed by atoms with van der Waals surface area (Å²) in [5.41, 5.74) is 2.89. The zero-order valence-corrected chi connectivity index (χ0v) is 11.7. The molecule has 1 heterocycles. The second-order valence-corrected chi connectivity index (χ2v) is 6.12. The Balaban J connectivity index is 1.98. The molecule has 0 aromatic heterocycles. The zero-order valence-electron chi connectivity index (χ0n) is 10.1.